The molecule has 34 heavy (non-hydrogen) atoms. The highest BCUT2D eigenvalue weighted by Gasteiger charge is 2.55. The predicted octanol–water partition coefficient (Wildman–Crippen LogP) is 7.05. The Labute approximate surface area is 210 Å². The van der Waals surface area contributed by atoms with Crippen LogP contribution < -0.4 is 0 Å². The molecule has 0 bridgehead atoms. The molecule has 1 fully saturated rings. The molecule has 7 heteroatoms. The number of hydrogen-bond donors (Lipinski definition) is 0. The minimum Gasteiger partial charge on any atom is -0.447 e. The van der Waals surface area contributed by atoms with E-state index in [2.05, 4.69) is 80.4 Å². The van der Waals surface area contributed by atoms with Crippen molar-refractivity contribution in [3.05, 3.63) is 24.3 Å². The highest BCUT2D eigenvalue weighted by molar-refractivity contribution is 7.00. The van der Waals surface area contributed by atoms with Crippen molar-refractivity contribution < 1.29 is 19.1 Å². The standard InChI is InChI=1S/C27H49NO4Si2/c1-12-16-31-19-21-18-20(13-14-22(21)23(29)28-15-17-32-25(28)30)24(33(8,9)26(2,3)4)34(10,11)27(5,6)7/h12,18,21-22,24H,1,13-17,19H2,2-11H3/t21-,22+/m1/s1. The second-order valence-corrected chi connectivity index (χ2v) is 25.0. The third-order valence-electron chi connectivity index (χ3n) is 9.26. The predicted molar refractivity (Wildman–Crippen MR) is 147 cm³/mol. The van der Waals surface area contributed by atoms with Crippen LogP contribution in [-0.2, 0) is 14.3 Å². The number of allylic oxidation sites excluding steroid dienone is 1. The van der Waals surface area contributed by atoms with Crippen LogP contribution in [0.15, 0.2) is 24.3 Å². The van der Waals surface area contributed by atoms with Gasteiger partial charge in [-0.15, -0.1) is 6.58 Å². The fraction of sp³-hybridized carbons (Fsp3) is 0.778. The highest BCUT2D eigenvalue weighted by atomic mass is 28.4. The second kappa shape index (κ2) is 10.4. The van der Waals surface area contributed by atoms with Crippen LogP contribution in [0.25, 0.3) is 0 Å². The molecule has 1 aliphatic heterocycles. The molecule has 2 aliphatic rings. The topological polar surface area (TPSA) is 55.8 Å². The summed E-state index contributed by atoms with van der Waals surface area (Å²) in [6.45, 7) is 30.1. The van der Waals surface area contributed by atoms with Crippen LogP contribution in [0, 0.1) is 11.8 Å². The van der Waals surface area contributed by atoms with E-state index in [0.29, 0.717) is 24.9 Å². The molecule has 194 valence electrons. The Balaban J connectivity index is 2.54. The lowest BCUT2D eigenvalue weighted by Gasteiger charge is -2.55. The fourth-order valence-electron chi connectivity index (χ4n) is 5.50. The van der Waals surface area contributed by atoms with Crippen molar-refractivity contribution in [2.45, 2.75) is 95.8 Å². The van der Waals surface area contributed by atoms with Crippen LogP contribution in [0.3, 0.4) is 0 Å². The monoisotopic (exact) mass is 507 g/mol. The average molecular weight is 508 g/mol. The molecule has 1 aliphatic carbocycles. The fourth-order valence-corrected chi connectivity index (χ4v) is 19.4. The van der Waals surface area contributed by atoms with Crippen molar-refractivity contribution in [1.82, 2.24) is 4.90 Å². The number of carbonyl (C=O) groups excluding carboxylic acids is 2. The number of carbonyl (C=O) groups is 2. The van der Waals surface area contributed by atoms with Crippen LogP contribution in [0.4, 0.5) is 4.79 Å². The number of amides is 2. The van der Waals surface area contributed by atoms with Crippen molar-refractivity contribution in [1.29, 1.82) is 0 Å². The van der Waals surface area contributed by atoms with E-state index in [1.165, 1.54) is 4.90 Å². The Morgan fingerprint density at radius 3 is 2.18 bits per heavy atom. The quantitative estimate of drug-likeness (QED) is 0.201. The van der Waals surface area contributed by atoms with Gasteiger partial charge in [0.2, 0.25) is 5.91 Å². The molecule has 0 radical (unpaired) electrons. The highest BCUT2D eigenvalue weighted by Crippen LogP contribution is 2.58. The van der Waals surface area contributed by atoms with Crippen molar-refractivity contribution in [3.8, 4) is 0 Å². The first-order valence-corrected chi connectivity index (χ1v) is 19.0. The maximum absolute atomic E-state index is 13.4. The zero-order chi connectivity index (χ0) is 26.1. The van der Waals surface area contributed by atoms with Crippen LogP contribution in [0.2, 0.25) is 41.4 Å². The lowest BCUT2D eigenvalue weighted by Crippen LogP contribution is -2.57. The zero-order valence-corrected chi connectivity index (χ0v) is 25.4. The Bertz CT molecular complexity index is 778. The molecule has 2 atom stereocenters. The molecular weight excluding hydrogens is 458 g/mol. The summed E-state index contributed by atoms with van der Waals surface area (Å²) >= 11 is 0. The number of imide groups is 1. The lowest BCUT2D eigenvalue weighted by molar-refractivity contribution is -0.134. The molecule has 0 aromatic rings. The number of cyclic esters (lactones) is 1. The normalized spacial score (nSPS) is 22.6. The molecule has 0 spiro atoms. The first-order valence-electron chi connectivity index (χ1n) is 12.8. The molecule has 1 saturated heterocycles. The van der Waals surface area contributed by atoms with Crippen molar-refractivity contribution >= 4 is 28.1 Å². The Morgan fingerprint density at radius 2 is 1.74 bits per heavy atom. The summed E-state index contributed by atoms with van der Waals surface area (Å²) in [4.78, 5) is 26.8. The Hall–Kier alpha value is -1.19. The van der Waals surface area contributed by atoms with Gasteiger partial charge in [0.15, 0.2) is 0 Å². The number of rotatable bonds is 8. The minimum atomic E-state index is -1.75. The first kappa shape index (κ1) is 29.0. The van der Waals surface area contributed by atoms with Crippen LogP contribution in [0.1, 0.15) is 54.4 Å². The smallest absolute Gasteiger partial charge is 0.416 e. The molecule has 2 rings (SSSR count). The molecule has 1 heterocycles. The molecule has 0 saturated carbocycles. The van der Waals surface area contributed by atoms with Gasteiger partial charge in [0, 0.05) is 11.8 Å². The average Bonchev–Trinajstić information content (AvgIpc) is 3.12. The number of ether oxygens (including phenoxy) is 2. The maximum Gasteiger partial charge on any atom is 0.416 e. The Kier molecular flexibility index (Phi) is 8.91. The molecule has 2 amide bonds. The molecule has 0 aromatic heterocycles. The van der Waals surface area contributed by atoms with Gasteiger partial charge in [-0.25, -0.2) is 9.69 Å². The van der Waals surface area contributed by atoms with E-state index in [1.54, 1.807) is 11.6 Å². The first-order chi connectivity index (χ1) is 15.5. The third-order valence-corrected chi connectivity index (χ3v) is 24.9. The summed E-state index contributed by atoms with van der Waals surface area (Å²) in [6.07, 6.45) is 5.31. The van der Waals surface area contributed by atoms with Gasteiger partial charge < -0.3 is 9.47 Å². The van der Waals surface area contributed by atoms with E-state index < -0.39 is 22.2 Å². The van der Waals surface area contributed by atoms with Gasteiger partial charge in [-0.2, -0.15) is 0 Å². The molecule has 0 unspecified atom stereocenters. The van der Waals surface area contributed by atoms with Gasteiger partial charge in [-0.3, -0.25) is 4.79 Å². The molecular formula is C27H49NO4Si2. The summed E-state index contributed by atoms with van der Waals surface area (Å²) in [5.41, 5.74) is 1.54. The van der Waals surface area contributed by atoms with Gasteiger partial charge in [0.1, 0.15) is 6.61 Å². The SMILES string of the molecule is C=CCOC[C@H]1C=C(C([Si](C)(C)C(C)(C)C)[Si](C)(C)C(C)(C)C)CC[C@@H]1C(=O)N1CCOC1=O. The van der Waals surface area contributed by atoms with Crippen molar-refractivity contribution in [2.75, 3.05) is 26.4 Å². The van der Waals surface area contributed by atoms with Gasteiger partial charge in [-0.05, 0) is 28.1 Å². The van der Waals surface area contributed by atoms with Crippen LogP contribution in [0.5, 0.6) is 0 Å². The van der Waals surface area contributed by atoms with Gasteiger partial charge >= 0.3 is 6.09 Å². The van der Waals surface area contributed by atoms with E-state index in [1.807, 2.05) is 0 Å². The third kappa shape index (κ3) is 5.78. The van der Waals surface area contributed by atoms with Gasteiger partial charge in [0.05, 0.1) is 35.9 Å². The summed E-state index contributed by atoms with van der Waals surface area (Å²) in [5, 5.41) is 1.11. The van der Waals surface area contributed by atoms with E-state index in [0.717, 1.165) is 12.8 Å². The van der Waals surface area contributed by atoms with Crippen LogP contribution >= 0.6 is 0 Å². The minimum absolute atomic E-state index is 0.0402. The van der Waals surface area contributed by atoms with E-state index in [4.69, 9.17) is 9.47 Å². The molecule has 0 N–H and O–H groups in total. The second-order valence-electron chi connectivity index (χ2n) is 13.4. The number of nitrogens with zero attached hydrogens (tertiary/aromatic N) is 1. The van der Waals surface area contributed by atoms with Crippen molar-refractivity contribution in [3.63, 3.8) is 0 Å². The van der Waals surface area contributed by atoms with E-state index in [-0.39, 0.29) is 34.4 Å². The summed E-state index contributed by atoms with van der Waals surface area (Å²) in [7, 11) is -3.51. The van der Waals surface area contributed by atoms with Crippen LogP contribution in [-0.4, -0.2) is 59.4 Å². The largest absolute Gasteiger partial charge is 0.447 e. The maximum atomic E-state index is 13.4. The Morgan fingerprint density at radius 1 is 1.18 bits per heavy atom. The van der Waals surface area contributed by atoms with E-state index in [9.17, 15) is 9.59 Å². The summed E-state index contributed by atoms with van der Waals surface area (Å²) < 4.78 is 11.0. The summed E-state index contributed by atoms with van der Waals surface area (Å²) in [6, 6.07) is 0. The zero-order valence-electron chi connectivity index (χ0n) is 23.4. The summed E-state index contributed by atoms with van der Waals surface area (Å²) in [5.74, 6) is -0.401. The lowest BCUT2D eigenvalue weighted by atomic mass is 9.80. The molecule has 0 aromatic carbocycles. The van der Waals surface area contributed by atoms with E-state index >= 15 is 0 Å². The van der Waals surface area contributed by atoms with Gasteiger partial charge in [-0.1, -0.05) is 85.5 Å². The number of hydrogen-bond acceptors (Lipinski definition) is 4. The van der Waals surface area contributed by atoms with Gasteiger partial charge in [0.25, 0.3) is 0 Å². The molecule has 5 nitrogen and oxygen atoms in total. The van der Waals surface area contributed by atoms with Crippen molar-refractivity contribution in [2.24, 2.45) is 11.8 Å².